The van der Waals surface area contributed by atoms with Gasteiger partial charge < -0.3 is 10.2 Å². The lowest BCUT2D eigenvalue weighted by Gasteiger charge is -2.31. The van der Waals surface area contributed by atoms with Crippen molar-refractivity contribution in [1.82, 2.24) is 10.2 Å². The lowest BCUT2D eigenvalue weighted by molar-refractivity contribution is -0.141. The van der Waals surface area contributed by atoms with E-state index in [1.165, 1.54) is 0 Å². The molecule has 2 amide bonds. The highest BCUT2D eigenvalue weighted by Crippen LogP contribution is 2.16. The molecule has 0 fully saturated rings. The van der Waals surface area contributed by atoms with Gasteiger partial charge in [0.15, 0.2) is 0 Å². The van der Waals surface area contributed by atoms with E-state index < -0.39 is 6.04 Å². The van der Waals surface area contributed by atoms with Crippen LogP contribution >= 0.6 is 0 Å². The minimum Gasteiger partial charge on any atom is -0.352 e. The highest BCUT2D eigenvalue weighted by Gasteiger charge is 2.29. The number of amides is 2. The molecular weight excluding hydrogens is 348 g/mol. The van der Waals surface area contributed by atoms with Gasteiger partial charge in [0.2, 0.25) is 11.8 Å². The number of benzene rings is 2. The summed E-state index contributed by atoms with van der Waals surface area (Å²) in [6.45, 7) is 8.42. The molecule has 0 heterocycles. The second kappa shape index (κ2) is 10.6. The number of carbonyl (C=O) groups is 2. The predicted octanol–water partition coefficient (Wildman–Crippen LogP) is 4.26. The molecule has 0 aliphatic rings. The standard InChI is InChI=1S/C24H32N2O2/c1-5-19(4)25-24(28)22(6-2)26(17-20-13-8-7-9-14-20)23(27)16-21-15-11-10-12-18(21)3/h7-15,19,22H,5-6,16-17H2,1-4H3,(H,25,28)/t19-,22-/m1/s1. The van der Waals surface area contributed by atoms with Crippen molar-refractivity contribution < 1.29 is 9.59 Å². The second-order valence-electron chi connectivity index (χ2n) is 7.35. The molecule has 4 heteroatoms. The molecule has 0 bridgehead atoms. The third-order valence-electron chi connectivity index (χ3n) is 5.19. The van der Waals surface area contributed by atoms with Crippen molar-refractivity contribution in [1.29, 1.82) is 0 Å². The van der Waals surface area contributed by atoms with E-state index >= 15 is 0 Å². The van der Waals surface area contributed by atoms with Crippen molar-refractivity contribution in [2.75, 3.05) is 0 Å². The van der Waals surface area contributed by atoms with E-state index in [1.807, 2.05) is 82.3 Å². The van der Waals surface area contributed by atoms with Crippen LogP contribution in [0.5, 0.6) is 0 Å². The number of hydrogen-bond acceptors (Lipinski definition) is 2. The van der Waals surface area contributed by atoms with E-state index in [4.69, 9.17) is 0 Å². The molecule has 2 rings (SSSR count). The SMILES string of the molecule is CC[C@@H](C)NC(=O)[C@@H](CC)N(Cc1ccccc1)C(=O)Cc1ccccc1C. The summed E-state index contributed by atoms with van der Waals surface area (Å²) in [5.74, 6) is -0.102. The lowest BCUT2D eigenvalue weighted by Crippen LogP contribution is -2.51. The van der Waals surface area contributed by atoms with Crippen LogP contribution in [-0.4, -0.2) is 28.8 Å². The first-order valence-corrected chi connectivity index (χ1v) is 10.1. The van der Waals surface area contributed by atoms with Gasteiger partial charge in [-0.1, -0.05) is 68.4 Å². The Balaban J connectivity index is 2.27. The Hall–Kier alpha value is -2.62. The summed E-state index contributed by atoms with van der Waals surface area (Å²) in [6.07, 6.45) is 1.74. The fourth-order valence-corrected chi connectivity index (χ4v) is 3.21. The Kier molecular flexibility index (Phi) is 8.24. The molecule has 0 radical (unpaired) electrons. The number of aryl methyl sites for hydroxylation is 1. The van der Waals surface area contributed by atoms with Crippen molar-refractivity contribution >= 4 is 11.8 Å². The summed E-state index contributed by atoms with van der Waals surface area (Å²) in [5.41, 5.74) is 3.12. The van der Waals surface area contributed by atoms with Gasteiger partial charge in [0.25, 0.3) is 0 Å². The molecule has 1 N–H and O–H groups in total. The van der Waals surface area contributed by atoms with E-state index in [2.05, 4.69) is 5.32 Å². The molecule has 0 unspecified atom stereocenters. The molecule has 0 saturated carbocycles. The van der Waals surface area contributed by atoms with Crippen LogP contribution < -0.4 is 5.32 Å². The van der Waals surface area contributed by atoms with Crippen LogP contribution in [-0.2, 0) is 22.6 Å². The topological polar surface area (TPSA) is 49.4 Å². The van der Waals surface area contributed by atoms with Crippen molar-refractivity contribution in [3.05, 3.63) is 71.3 Å². The van der Waals surface area contributed by atoms with E-state index in [0.717, 1.165) is 23.1 Å². The van der Waals surface area contributed by atoms with Crippen LogP contribution in [0.3, 0.4) is 0 Å². The van der Waals surface area contributed by atoms with Crippen molar-refractivity contribution in [2.24, 2.45) is 0 Å². The van der Waals surface area contributed by atoms with E-state index in [1.54, 1.807) is 4.90 Å². The summed E-state index contributed by atoms with van der Waals surface area (Å²) < 4.78 is 0. The molecule has 0 aliphatic carbocycles. The van der Waals surface area contributed by atoms with Gasteiger partial charge in [-0.25, -0.2) is 0 Å². The highest BCUT2D eigenvalue weighted by molar-refractivity contribution is 5.88. The van der Waals surface area contributed by atoms with Gasteiger partial charge in [0.1, 0.15) is 6.04 Å². The summed E-state index contributed by atoms with van der Waals surface area (Å²) >= 11 is 0. The average Bonchev–Trinajstić information content (AvgIpc) is 2.70. The molecule has 28 heavy (non-hydrogen) atoms. The Bertz CT molecular complexity index is 773. The zero-order valence-electron chi connectivity index (χ0n) is 17.4. The predicted molar refractivity (Wildman–Crippen MR) is 114 cm³/mol. The maximum absolute atomic E-state index is 13.3. The van der Waals surface area contributed by atoms with Crippen LogP contribution in [0.4, 0.5) is 0 Å². The largest absolute Gasteiger partial charge is 0.352 e. The first-order chi connectivity index (χ1) is 13.5. The first kappa shape index (κ1) is 21.7. The van der Waals surface area contributed by atoms with Gasteiger partial charge in [-0.05, 0) is 43.4 Å². The van der Waals surface area contributed by atoms with E-state index in [9.17, 15) is 9.59 Å². The summed E-state index contributed by atoms with van der Waals surface area (Å²) in [7, 11) is 0. The molecule has 0 aromatic heterocycles. The maximum atomic E-state index is 13.3. The number of hydrogen-bond donors (Lipinski definition) is 1. The average molecular weight is 381 g/mol. The summed E-state index contributed by atoms with van der Waals surface area (Å²) in [5, 5.41) is 3.04. The number of nitrogens with one attached hydrogen (secondary N) is 1. The molecule has 0 spiro atoms. The zero-order valence-corrected chi connectivity index (χ0v) is 17.4. The van der Waals surface area contributed by atoms with Crippen molar-refractivity contribution in [3.63, 3.8) is 0 Å². The van der Waals surface area contributed by atoms with Gasteiger partial charge in [0, 0.05) is 12.6 Å². The van der Waals surface area contributed by atoms with Gasteiger partial charge >= 0.3 is 0 Å². The molecule has 2 aromatic carbocycles. The second-order valence-corrected chi connectivity index (χ2v) is 7.35. The van der Waals surface area contributed by atoms with E-state index in [0.29, 0.717) is 19.4 Å². The first-order valence-electron chi connectivity index (χ1n) is 10.1. The summed E-state index contributed by atoms with van der Waals surface area (Å²) in [4.78, 5) is 27.9. The van der Waals surface area contributed by atoms with Gasteiger partial charge in [-0.15, -0.1) is 0 Å². The Labute approximate surface area is 169 Å². The Morgan fingerprint density at radius 1 is 0.964 bits per heavy atom. The molecule has 2 atom stereocenters. The number of nitrogens with zero attached hydrogens (tertiary/aromatic N) is 1. The normalized spacial score (nSPS) is 12.9. The van der Waals surface area contributed by atoms with Crippen LogP contribution in [0, 0.1) is 6.92 Å². The third-order valence-corrected chi connectivity index (χ3v) is 5.19. The molecule has 4 nitrogen and oxygen atoms in total. The smallest absolute Gasteiger partial charge is 0.243 e. The molecular formula is C24H32N2O2. The molecule has 150 valence electrons. The van der Waals surface area contributed by atoms with Crippen LogP contribution in [0.1, 0.15) is 50.3 Å². The minimum atomic E-state index is -0.481. The lowest BCUT2D eigenvalue weighted by atomic mass is 10.0. The van der Waals surface area contributed by atoms with Crippen molar-refractivity contribution in [3.8, 4) is 0 Å². The monoisotopic (exact) mass is 380 g/mol. The number of carbonyl (C=O) groups excluding carboxylic acids is 2. The summed E-state index contributed by atoms with van der Waals surface area (Å²) in [6, 6.07) is 17.4. The van der Waals surface area contributed by atoms with Crippen LogP contribution in [0.2, 0.25) is 0 Å². The highest BCUT2D eigenvalue weighted by atomic mass is 16.2. The molecule has 0 saturated heterocycles. The molecule has 0 aliphatic heterocycles. The fraction of sp³-hybridized carbons (Fsp3) is 0.417. The number of rotatable bonds is 9. The molecule has 2 aromatic rings. The zero-order chi connectivity index (χ0) is 20.5. The minimum absolute atomic E-state index is 0.0238. The van der Waals surface area contributed by atoms with Crippen molar-refractivity contribution in [2.45, 2.75) is 65.6 Å². The van der Waals surface area contributed by atoms with Crippen LogP contribution in [0.25, 0.3) is 0 Å². The van der Waals surface area contributed by atoms with E-state index in [-0.39, 0.29) is 17.9 Å². The fourth-order valence-electron chi connectivity index (χ4n) is 3.21. The quantitative estimate of drug-likeness (QED) is 0.707. The third kappa shape index (κ3) is 5.95. The van der Waals surface area contributed by atoms with Gasteiger partial charge in [-0.2, -0.15) is 0 Å². The van der Waals surface area contributed by atoms with Gasteiger partial charge in [-0.3, -0.25) is 9.59 Å². The maximum Gasteiger partial charge on any atom is 0.243 e. The Morgan fingerprint density at radius 2 is 1.61 bits per heavy atom. The Morgan fingerprint density at radius 3 is 2.21 bits per heavy atom. The van der Waals surface area contributed by atoms with Crippen LogP contribution in [0.15, 0.2) is 54.6 Å². The van der Waals surface area contributed by atoms with Gasteiger partial charge in [0.05, 0.1) is 6.42 Å².